The smallest absolute Gasteiger partial charge is 0.225 e. The van der Waals surface area contributed by atoms with Crippen LogP contribution in [0.5, 0.6) is 0 Å². The number of hydrogen-bond donors (Lipinski definition) is 3. The van der Waals surface area contributed by atoms with Gasteiger partial charge < -0.3 is 0 Å². The summed E-state index contributed by atoms with van der Waals surface area (Å²) >= 11 is 0. The molecule has 4 aliphatic heterocycles. The van der Waals surface area contributed by atoms with Crippen molar-refractivity contribution in [1.82, 2.24) is 0 Å². The zero-order valence-electron chi connectivity index (χ0n) is 11.7. The van der Waals surface area contributed by atoms with E-state index in [9.17, 15) is 0 Å². The third-order valence-electron chi connectivity index (χ3n) is 6.38. The molecule has 0 saturated carbocycles. The van der Waals surface area contributed by atoms with Crippen LogP contribution in [0.1, 0.15) is 51.4 Å². The van der Waals surface area contributed by atoms with Gasteiger partial charge in [-0.1, -0.05) is 0 Å². The minimum atomic E-state index is 0.941. The van der Waals surface area contributed by atoms with Gasteiger partial charge in [0.05, 0.1) is 26.1 Å². The van der Waals surface area contributed by atoms with E-state index in [-0.39, 0.29) is 0 Å². The number of piperidine rings is 3. The van der Waals surface area contributed by atoms with Crippen molar-refractivity contribution in [1.29, 1.82) is 0 Å². The lowest BCUT2D eigenvalue weighted by atomic mass is 9.78. The van der Waals surface area contributed by atoms with Gasteiger partial charge in [-0.25, -0.2) is 4.90 Å². The maximum atomic E-state index is 2.73. The van der Waals surface area contributed by atoms with E-state index < -0.39 is 0 Å². The lowest BCUT2D eigenvalue weighted by molar-refractivity contribution is -1.21. The van der Waals surface area contributed by atoms with Crippen LogP contribution in [0.4, 0.5) is 0 Å². The maximum absolute atomic E-state index is 2.73. The summed E-state index contributed by atoms with van der Waals surface area (Å²) in [6.45, 7) is 4.36. The van der Waals surface area contributed by atoms with E-state index in [4.69, 9.17) is 0 Å². The largest absolute Gasteiger partial charge is 0.297 e. The standard InChI is InChI=1S/C15H27N3/c1-3-10-17-13(7-1)12-6-5-9-16-15(12)18-11-4-2-8-14(17)18/h12-16H,1-11H2/p+3/t12-,13-,14+,15+/m0/s1. The van der Waals surface area contributed by atoms with Crippen molar-refractivity contribution >= 4 is 0 Å². The van der Waals surface area contributed by atoms with Gasteiger partial charge in [-0.05, 0) is 38.5 Å². The average Bonchev–Trinajstić information content (AvgIpc) is 2.48. The van der Waals surface area contributed by atoms with Crippen LogP contribution in [0.2, 0.25) is 0 Å². The summed E-state index contributed by atoms with van der Waals surface area (Å²) in [6, 6.07) is 1.03. The SMILES string of the molecule is C1C[NH2+][C@H]2[C@@H](C1)[C@@H]1CCCC[NH+]1[C@H]1CCCC[NH+]12. The van der Waals surface area contributed by atoms with Gasteiger partial charge in [0, 0.05) is 6.42 Å². The molecule has 3 heteroatoms. The van der Waals surface area contributed by atoms with Crippen molar-refractivity contribution in [3.05, 3.63) is 0 Å². The molecule has 18 heavy (non-hydrogen) atoms. The first-order chi connectivity index (χ1) is 8.95. The fraction of sp³-hybridized carbons (Fsp3) is 1.00. The highest BCUT2D eigenvalue weighted by Crippen LogP contribution is 2.22. The Labute approximate surface area is 111 Å². The number of nitrogens with one attached hydrogen (secondary N) is 2. The Hall–Kier alpha value is -0.120. The van der Waals surface area contributed by atoms with Gasteiger partial charge in [0.15, 0.2) is 0 Å². The third-order valence-corrected chi connectivity index (χ3v) is 6.38. The van der Waals surface area contributed by atoms with Crippen LogP contribution in [-0.4, -0.2) is 38.0 Å². The third kappa shape index (κ3) is 1.75. The summed E-state index contributed by atoms with van der Waals surface area (Å²) in [5.74, 6) is 1.04. The van der Waals surface area contributed by atoms with Crippen molar-refractivity contribution in [3.63, 3.8) is 0 Å². The van der Waals surface area contributed by atoms with Gasteiger partial charge in [0.1, 0.15) is 12.0 Å². The minimum Gasteiger partial charge on any atom is -0.297 e. The van der Waals surface area contributed by atoms with Gasteiger partial charge in [-0.2, -0.15) is 0 Å². The van der Waals surface area contributed by atoms with E-state index in [1.165, 1.54) is 71.0 Å². The van der Waals surface area contributed by atoms with E-state index >= 15 is 0 Å². The molecule has 3 nitrogen and oxygen atoms in total. The summed E-state index contributed by atoms with van der Waals surface area (Å²) in [6.07, 6.45) is 14.0. The second-order valence-corrected chi connectivity index (χ2v) is 7.16. The first-order valence-electron chi connectivity index (χ1n) is 8.49. The summed E-state index contributed by atoms with van der Waals surface area (Å²) in [5.41, 5.74) is 0. The molecule has 0 spiro atoms. The van der Waals surface area contributed by atoms with Gasteiger partial charge >= 0.3 is 0 Å². The monoisotopic (exact) mass is 252 g/mol. The molecule has 4 N–H and O–H groups in total. The second kappa shape index (κ2) is 4.77. The van der Waals surface area contributed by atoms with Gasteiger partial charge in [0.2, 0.25) is 12.3 Å². The van der Waals surface area contributed by atoms with Gasteiger partial charge in [-0.15, -0.1) is 0 Å². The second-order valence-electron chi connectivity index (χ2n) is 7.16. The average molecular weight is 252 g/mol. The van der Waals surface area contributed by atoms with E-state index in [0.29, 0.717) is 0 Å². The topological polar surface area (TPSA) is 25.5 Å². The van der Waals surface area contributed by atoms with Gasteiger partial charge in [-0.3, -0.25) is 10.2 Å². The molecule has 102 valence electrons. The Balaban J connectivity index is 1.64. The number of fused-ring (bicyclic) bond motifs is 6. The van der Waals surface area contributed by atoms with Crippen molar-refractivity contribution in [3.8, 4) is 0 Å². The van der Waals surface area contributed by atoms with Gasteiger partial charge in [0.25, 0.3) is 0 Å². The molecule has 0 aromatic heterocycles. The Kier molecular flexibility index (Phi) is 3.10. The highest BCUT2D eigenvalue weighted by Gasteiger charge is 2.57. The van der Waals surface area contributed by atoms with E-state index in [2.05, 4.69) is 5.32 Å². The van der Waals surface area contributed by atoms with Crippen molar-refractivity contribution in [2.75, 3.05) is 19.6 Å². The minimum absolute atomic E-state index is 0.941. The molecule has 0 amide bonds. The van der Waals surface area contributed by atoms with E-state index in [1.807, 2.05) is 9.80 Å². The zero-order valence-corrected chi connectivity index (χ0v) is 11.7. The number of hydrogen-bond acceptors (Lipinski definition) is 0. The molecule has 0 aromatic carbocycles. The zero-order chi connectivity index (χ0) is 11.9. The first kappa shape index (κ1) is 11.7. The number of rotatable bonds is 0. The summed E-state index contributed by atoms with van der Waals surface area (Å²) < 4.78 is 0. The number of nitrogens with two attached hydrogens (primary N) is 1. The molecule has 0 radical (unpaired) electrons. The molecule has 0 aliphatic carbocycles. The first-order valence-corrected chi connectivity index (χ1v) is 8.49. The summed E-state index contributed by atoms with van der Waals surface area (Å²) in [7, 11) is 0. The normalized spacial score (nSPS) is 52.0. The molecule has 2 unspecified atom stereocenters. The Bertz CT molecular complexity index is 217. The highest BCUT2D eigenvalue weighted by molar-refractivity contribution is 4.79. The molecule has 4 saturated heterocycles. The summed E-state index contributed by atoms with van der Waals surface area (Å²) in [4.78, 5) is 4.03. The lowest BCUT2D eigenvalue weighted by Gasteiger charge is -2.53. The van der Waals surface area contributed by atoms with Crippen LogP contribution in [0.3, 0.4) is 0 Å². The van der Waals surface area contributed by atoms with E-state index in [0.717, 1.165) is 24.3 Å². The highest BCUT2D eigenvalue weighted by atomic mass is 15.5. The molecule has 4 rings (SSSR count). The molecular formula is C15H30N3+3. The molecule has 0 aromatic rings. The predicted octanol–water partition coefficient (Wildman–Crippen LogP) is -1.87. The Morgan fingerprint density at radius 3 is 2.56 bits per heavy atom. The van der Waals surface area contributed by atoms with Crippen LogP contribution in [-0.2, 0) is 0 Å². The molecule has 4 aliphatic rings. The molecule has 0 bridgehead atoms. The quantitative estimate of drug-likeness (QED) is 0.450. The molecule has 4 heterocycles. The van der Waals surface area contributed by atoms with Crippen LogP contribution in [0.15, 0.2) is 0 Å². The van der Waals surface area contributed by atoms with Crippen LogP contribution in [0.25, 0.3) is 0 Å². The lowest BCUT2D eigenvalue weighted by Crippen LogP contribution is -3.47. The van der Waals surface area contributed by atoms with Crippen LogP contribution < -0.4 is 15.1 Å². The maximum Gasteiger partial charge on any atom is 0.225 e. The molecule has 4 fully saturated rings. The van der Waals surface area contributed by atoms with Crippen molar-refractivity contribution in [2.24, 2.45) is 5.92 Å². The predicted molar refractivity (Wildman–Crippen MR) is 70.2 cm³/mol. The van der Waals surface area contributed by atoms with Crippen LogP contribution in [0, 0.1) is 5.92 Å². The molecular weight excluding hydrogens is 222 g/mol. The van der Waals surface area contributed by atoms with Crippen molar-refractivity contribution < 1.29 is 15.1 Å². The fourth-order valence-electron chi connectivity index (χ4n) is 5.73. The molecule has 6 atom stereocenters. The Morgan fingerprint density at radius 1 is 0.778 bits per heavy atom. The number of quaternary nitrogens is 3. The summed E-state index contributed by atoms with van der Waals surface area (Å²) in [5, 5.41) is 2.73. The van der Waals surface area contributed by atoms with E-state index in [1.54, 1.807) is 0 Å². The van der Waals surface area contributed by atoms with Crippen LogP contribution >= 0.6 is 0 Å². The van der Waals surface area contributed by atoms with Crippen molar-refractivity contribution in [2.45, 2.75) is 69.7 Å². The fourth-order valence-corrected chi connectivity index (χ4v) is 5.73. The Morgan fingerprint density at radius 2 is 1.61 bits per heavy atom.